The first-order valence-corrected chi connectivity index (χ1v) is 7.86. The van der Waals surface area contributed by atoms with Gasteiger partial charge in [0, 0.05) is 29.2 Å². The maximum absolute atomic E-state index is 11.0. The summed E-state index contributed by atoms with van der Waals surface area (Å²) in [5, 5.41) is 15.0. The van der Waals surface area contributed by atoms with Gasteiger partial charge < -0.3 is 10.2 Å². The van der Waals surface area contributed by atoms with E-state index < -0.39 is 0 Å². The summed E-state index contributed by atoms with van der Waals surface area (Å²) >= 11 is 5.94. The lowest BCUT2D eigenvalue weighted by atomic mass is 10.0. The van der Waals surface area contributed by atoms with Gasteiger partial charge in [-0.2, -0.15) is 0 Å². The number of nitrogens with one attached hydrogen (secondary N) is 1. The first-order valence-electron chi connectivity index (χ1n) is 7.48. The van der Waals surface area contributed by atoms with Gasteiger partial charge in [0.1, 0.15) is 0 Å². The van der Waals surface area contributed by atoms with Crippen LogP contribution in [0.3, 0.4) is 0 Å². The summed E-state index contributed by atoms with van der Waals surface area (Å²) in [5.41, 5.74) is 0.791. The van der Waals surface area contributed by atoms with Gasteiger partial charge in [0.15, 0.2) is 0 Å². The summed E-state index contributed by atoms with van der Waals surface area (Å²) in [5.74, 6) is 0. The number of benzene rings is 1. The highest BCUT2D eigenvalue weighted by Crippen LogP contribution is 2.23. The van der Waals surface area contributed by atoms with Crippen molar-refractivity contribution in [1.82, 2.24) is 10.2 Å². The van der Waals surface area contributed by atoms with Gasteiger partial charge in [-0.3, -0.25) is 10.1 Å². The van der Waals surface area contributed by atoms with Crippen LogP contribution in [0.15, 0.2) is 18.2 Å². The van der Waals surface area contributed by atoms with Crippen molar-refractivity contribution in [3.63, 3.8) is 0 Å². The Balaban J connectivity index is 1.89. The number of nitro groups is 1. The number of hydrogen-bond donors (Lipinski definition) is 1. The molecule has 0 aromatic heterocycles. The average molecular weight is 312 g/mol. The number of rotatable bonds is 6. The monoisotopic (exact) mass is 311 g/mol. The molecule has 1 fully saturated rings. The average Bonchev–Trinajstić information content (AvgIpc) is 2.46. The molecular formula is C15H22ClN3O2. The van der Waals surface area contributed by atoms with Gasteiger partial charge in [-0.25, -0.2) is 0 Å². The van der Waals surface area contributed by atoms with Crippen LogP contribution in [0.5, 0.6) is 0 Å². The maximum atomic E-state index is 11.0. The lowest BCUT2D eigenvalue weighted by molar-refractivity contribution is -0.385. The van der Waals surface area contributed by atoms with Crippen LogP contribution in [-0.2, 0) is 6.54 Å². The molecule has 1 aromatic rings. The van der Waals surface area contributed by atoms with Crippen LogP contribution in [0.25, 0.3) is 0 Å². The highest BCUT2D eigenvalue weighted by Gasteiger charge is 2.20. The van der Waals surface area contributed by atoms with E-state index in [1.165, 1.54) is 12.5 Å². The third-order valence-corrected chi connectivity index (χ3v) is 4.18. The zero-order valence-corrected chi connectivity index (χ0v) is 13.1. The molecule has 1 N–H and O–H groups in total. The van der Waals surface area contributed by atoms with E-state index in [1.807, 2.05) is 0 Å². The number of nitrogens with zero attached hydrogens (tertiary/aromatic N) is 2. The SMILES string of the molecule is CCCN1CCC(NCc2cc(Cl)ccc2[N+](=O)[O-])CC1. The standard InChI is InChI=1S/C15H22ClN3O2/c1-2-7-18-8-5-14(6-9-18)17-11-12-10-13(16)3-4-15(12)19(20)21/h3-4,10,14,17H,2,5-9,11H2,1H3. The largest absolute Gasteiger partial charge is 0.310 e. The van der Waals surface area contributed by atoms with Crippen molar-refractivity contribution in [1.29, 1.82) is 0 Å². The molecule has 5 nitrogen and oxygen atoms in total. The summed E-state index contributed by atoms with van der Waals surface area (Å²) in [7, 11) is 0. The Bertz CT molecular complexity index is 488. The molecule has 1 aliphatic rings. The Morgan fingerprint density at radius 3 is 2.76 bits per heavy atom. The maximum Gasteiger partial charge on any atom is 0.273 e. The lowest BCUT2D eigenvalue weighted by Crippen LogP contribution is -2.42. The number of likely N-dealkylation sites (tertiary alicyclic amines) is 1. The molecule has 1 aliphatic heterocycles. The number of halogens is 1. The van der Waals surface area contributed by atoms with Crippen molar-refractivity contribution in [2.75, 3.05) is 19.6 Å². The van der Waals surface area contributed by atoms with E-state index in [4.69, 9.17) is 11.6 Å². The second-order valence-electron chi connectivity index (χ2n) is 5.53. The van der Waals surface area contributed by atoms with Crippen LogP contribution in [0.1, 0.15) is 31.7 Å². The van der Waals surface area contributed by atoms with E-state index in [-0.39, 0.29) is 10.6 Å². The van der Waals surface area contributed by atoms with Crippen LogP contribution in [0.2, 0.25) is 5.02 Å². The number of piperidine rings is 1. The highest BCUT2D eigenvalue weighted by atomic mass is 35.5. The van der Waals surface area contributed by atoms with Gasteiger partial charge in [0.25, 0.3) is 5.69 Å². The molecule has 0 radical (unpaired) electrons. The first-order chi connectivity index (χ1) is 10.1. The quantitative estimate of drug-likeness (QED) is 0.647. The lowest BCUT2D eigenvalue weighted by Gasteiger charge is -2.32. The molecule has 1 saturated heterocycles. The third-order valence-electron chi connectivity index (χ3n) is 3.95. The summed E-state index contributed by atoms with van der Waals surface area (Å²) in [6.45, 7) is 6.05. The van der Waals surface area contributed by atoms with Crippen LogP contribution in [0.4, 0.5) is 5.69 Å². The number of nitro benzene ring substituents is 1. The molecule has 1 heterocycles. The van der Waals surface area contributed by atoms with E-state index in [0.717, 1.165) is 32.5 Å². The van der Waals surface area contributed by atoms with Crippen LogP contribution >= 0.6 is 11.6 Å². The van der Waals surface area contributed by atoms with E-state index in [0.29, 0.717) is 23.2 Å². The van der Waals surface area contributed by atoms with E-state index in [9.17, 15) is 10.1 Å². The number of hydrogen-bond acceptors (Lipinski definition) is 4. The summed E-state index contributed by atoms with van der Waals surface area (Å²) < 4.78 is 0. The minimum absolute atomic E-state index is 0.135. The summed E-state index contributed by atoms with van der Waals surface area (Å²) in [6.07, 6.45) is 3.37. The molecule has 0 saturated carbocycles. The molecule has 1 aromatic carbocycles. The fraction of sp³-hybridized carbons (Fsp3) is 0.600. The second kappa shape index (κ2) is 7.73. The Hall–Kier alpha value is -1.17. The predicted molar refractivity (Wildman–Crippen MR) is 84.7 cm³/mol. The smallest absolute Gasteiger partial charge is 0.273 e. The normalized spacial score (nSPS) is 17.0. The predicted octanol–water partition coefficient (Wildman–Crippen LogP) is 3.21. The van der Waals surface area contributed by atoms with Crippen molar-refractivity contribution < 1.29 is 4.92 Å². The first kappa shape index (κ1) is 16.2. The van der Waals surface area contributed by atoms with Crippen LogP contribution in [0, 0.1) is 10.1 Å². The fourth-order valence-corrected chi connectivity index (χ4v) is 3.00. The molecule has 0 atom stereocenters. The van der Waals surface area contributed by atoms with Crippen molar-refractivity contribution in [3.05, 3.63) is 38.9 Å². The van der Waals surface area contributed by atoms with Crippen molar-refractivity contribution in [2.45, 2.75) is 38.8 Å². The second-order valence-corrected chi connectivity index (χ2v) is 5.96. The van der Waals surface area contributed by atoms with Gasteiger partial charge in [0.05, 0.1) is 4.92 Å². The van der Waals surface area contributed by atoms with Gasteiger partial charge in [0.2, 0.25) is 0 Å². The van der Waals surface area contributed by atoms with Crippen molar-refractivity contribution in [2.24, 2.45) is 0 Å². The molecule has 0 unspecified atom stereocenters. The van der Waals surface area contributed by atoms with E-state index in [1.54, 1.807) is 12.1 Å². The molecule has 116 valence electrons. The Morgan fingerprint density at radius 1 is 1.43 bits per heavy atom. The molecule has 6 heteroatoms. The Kier molecular flexibility index (Phi) is 5.96. The summed E-state index contributed by atoms with van der Waals surface area (Å²) in [6, 6.07) is 5.14. The topological polar surface area (TPSA) is 58.4 Å². The van der Waals surface area contributed by atoms with Gasteiger partial charge in [-0.1, -0.05) is 18.5 Å². The van der Waals surface area contributed by atoms with Crippen LogP contribution < -0.4 is 5.32 Å². The molecule has 21 heavy (non-hydrogen) atoms. The molecule has 0 aliphatic carbocycles. The van der Waals surface area contributed by atoms with Crippen molar-refractivity contribution in [3.8, 4) is 0 Å². The summed E-state index contributed by atoms with van der Waals surface area (Å²) in [4.78, 5) is 13.1. The fourth-order valence-electron chi connectivity index (χ4n) is 2.81. The minimum Gasteiger partial charge on any atom is -0.310 e. The van der Waals surface area contributed by atoms with E-state index >= 15 is 0 Å². The Morgan fingerprint density at radius 2 is 2.14 bits per heavy atom. The minimum atomic E-state index is -0.350. The van der Waals surface area contributed by atoms with E-state index in [2.05, 4.69) is 17.1 Å². The van der Waals surface area contributed by atoms with Crippen molar-refractivity contribution >= 4 is 17.3 Å². The van der Waals surface area contributed by atoms with Crippen LogP contribution in [-0.4, -0.2) is 35.5 Å². The Labute approximate surface area is 130 Å². The molecule has 0 spiro atoms. The molecular weight excluding hydrogens is 290 g/mol. The zero-order chi connectivity index (χ0) is 15.2. The van der Waals surface area contributed by atoms with Gasteiger partial charge in [-0.05, 0) is 51.0 Å². The molecule has 0 amide bonds. The highest BCUT2D eigenvalue weighted by molar-refractivity contribution is 6.30. The van der Waals surface area contributed by atoms with Gasteiger partial charge in [-0.15, -0.1) is 0 Å². The molecule has 2 rings (SSSR count). The molecule has 0 bridgehead atoms. The third kappa shape index (κ3) is 4.66. The van der Waals surface area contributed by atoms with Gasteiger partial charge >= 0.3 is 0 Å². The zero-order valence-electron chi connectivity index (χ0n) is 12.3.